The number of benzene rings is 1. The van der Waals surface area contributed by atoms with Crippen LogP contribution in [0.3, 0.4) is 0 Å². The van der Waals surface area contributed by atoms with Crippen LogP contribution in [0.5, 0.6) is 0 Å². The number of anilines is 1. The van der Waals surface area contributed by atoms with Gasteiger partial charge in [-0.15, -0.1) is 13.2 Å². The Morgan fingerprint density at radius 2 is 1.09 bits per heavy atom. The van der Waals surface area contributed by atoms with Gasteiger partial charge in [0.25, 0.3) is 0 Å². The first-order valence-electron chi connectivity index (χ1n) is 21.5. The molecule has 1 aliphatic carbocycles. The molecule has 1 aliphatic rings. The Labute approximate surface area is 340 Å². The number of rotatable bonds is 10. The Morgan fingerprint density at radius 1 is 0.755 bits per heavy atom. The van der Waals surface area contributed by atoms with Gasteiger partial charge in [-0.2, -0.15) is 0 Å². The number of para-hydroxylation sites is 1. The zero-order chi connectivity index (χ0) is 43.9. The van der Waals surface area contributed by atoms with Gasteiger partial charge in [0, 0.05) is 11.4 Å². The second-order valence-electron chi connectivity index (χ2n) is 12.5. The van der Waals surface area contributed by atoms with Crippen molar-refractivity contribution >= 4 is 19.6 Å². The van der Waals surface area contributed by atoms with Crippen LogP contribution in [0.4, 0.5) is 5.69 Å². The first-order chi connectivity index (χ1) is 25.3. The van der Waals surface area contributed by atoms with E-state index in [0.717, 1.165) is 35.2 Å². The monoisotopic (exact) mass is 742 g/mol. The molecule has 0 amide bonds. The molecule has 1 aromatic rings. The van der Waals surface area contributed by atoms with Crippen molar-refractivity contribution in [3.8, 4) is 0 Å². The average Bonchev–Trinajstić information content (AvgIpc) is 3.16. The summed E-state index contributed by atoms with van der Waals surface area (Å²) in [6.45, 7) is 51.3. The molecule has 2 rings (SSSR count). The summed E-state index contributed by atoms with van der Waals surface area (Å²) in [5, 5.41) is 0. The van der Waals surface area contributed by atoms with Gasteiger partial charge in [0.2, 0.25) is 0 Å². The molecule has 0 saturated carbocycles. The minimum atomic E-state index is 0.822. The van der Waals surface area contributed by atoms with Crippen LogP contribution in [-0.4, -0.2) is 14.0 Å². The molecule has 2 nitrogen and oxygen atoms in total. The molecule has 4 N–H and O–H groups in total. The predicted molar refractivity (Wildman–Crippen MR) is 262 cm³/mol. The number of nitrogens with two attached hydrogens (primary N) is 2. The summed E-state index contributed by atoms with van der Waals surface area (Å²) < 4.78 is 0. The average molecular weight is 742 g/mol. The van der Waals surface area contributed by atoms with Crippen LogP contribution in [0.25, 0.3) is 0 Å². The van der Waals surface area contributed by atoms with E-state index in [1.807, 2.05) is 91.8 Å². The first kappa shape index (κ1) is 71.8. The van der Waals surface area contributed by atoms with E-state index in [0.29, 0.717) is 0 Å². The van der Waals surface area contributed by atoms with Gasteiger partial charge < -0.3 is 11.5 Å². The molecule has 0 spiro atoms. The Hall–Kier alpha value is -2.55. The molecule has 0 aliphatic heterocycles. The Bertz CT molecular complexity index is 808. The van der Waals surface area contributed by atoms with Crippen molar-refractivity contribution in [1.82, 2.24) is 0 Å². The molecule has 1 radical (unpaired) electrons. The quantitative estimate of drug-likeness (QED) is 0.0825. The van der Waals surface area contributed by atoms with Gasteiger partial charge in [0.05, 0.1) is 0 Å². The number of allylic oxidation sites excluding steroid dienone is 6. The first-order valence-corrected chi connectivity index (χ1v) is 21.5. The molecule has 53 heavy (non-hydrogen) atoms. The Morgan fingerprint density at radius 3 is 1.32 bits per heavy atom. The molecule has 0 heterocycles. The molecular formula is C50H102BN2. The maximum atomic E-state index is 5.84. The fourth-order valence-electron chi connectivity index (χ4n) is 3.67. The fraction of sp³-hybridized carbons (Fsp3) is 0.660. The summed E-state index contributed by atoms with van der Waals surface area (Å²) in [6.07, 6.45) is 22.9. The van der Waals surface area contributed by atoms with E-state index >= 15 is 0 Å². The predicted octanol–water partition coefficient (Wildman–Crippen LogP) is 17.5. The second kappa shape index (κ2) is 74.6. The van der Waals surface area contributed by atoms with Crippen LogP contribution >= 0.6 is 0 Å². The number of hydrogen-bond donors (Lipinski definition) is 2. The van der Waals surface area contributed by atoms with Gasteiger partial charge in [-0.1, -0.05) is 198 Å². The molecule has 0 fully saturated rings. The van der Waals surface area contributed by atoms with E-state index < -0.39 is 0 Å². The zero-order valence-corrected chi connectivity index (χ0v) is 40.0. The summed E-state index contributed by atoms with van der Waals surface area (Å²) in [7, 11) is 4.25. The van der Waals surface area contributed by atoms with Crippen LogP contribution in [0.2, 0.25) is 0 Å². The third-order valence-electron chi connectivity index (χ3n) is 6.23. The van der Waals surface area contributed by atoms with Crippen molar-refractivity contribution in [2.24, 2.45) is 17.6 Å². The van der Waals surface area contributed by atoms with Crippen molar-refractivity contribution in [2.75, 3.05) is 5.73 Å². The molecule has 0 aromatic heterocycles. The van der Waals surface area contributed by atoms with E-state index in [9.17, 15) is 0 Å². The standard InChI is InChI=1S/C12H19N.C8H18.C6H7N.C6H14.C4H10.C4H8.C3H6.3C2H6.CH2B/c1-9(2)12(13)8-11-7-5-4-6-10(11)3;1-4-6-8(3)7-5-2;7-6-4-2-1-3-5-6;1-3-5-6-4-2;1-4(2)3;1-3-4-2;1-3-2;4*1-2/h8H,1,4-7,13H2,2-3H3;8H,4-7H2,1-3H3;1-5H,7H2;3-6H2,1-2H3;4H,1-3H3;3H,1,4H2,2H3;3H,1H2,2H3;3*1-2H3;1H2/b12-8+;;;;;;;;;;. The molecule has 0 atom stereocenters. The summed E-state index contributed by atoms with van der Waals surface area (Å²) in [5.74, 6) is 1.80. The normalized spacial score (nSPS) is 10.2. The maximum absolute atomic E-state index is 5.84. The zero-order valence-electron chi connectivity index (χ0n) is 40.0. The number of nitrogen functional groups attached to an aromatic ring is 1. The van der Waals surface area contributed by atoms with Crippen molar-refractivity contribution < 1.29 is 0 Å². The Kier molecular flexibility index (Phi) is 101. The van der Waals surface area contributed by atoms with Gasteiger partial charge in [-0.25, -0.2) is 0 Å². The van der Waals surface area contributed by atoms with Crippen molar-refractivity contribution in [3.63, 3.8) is 0 Å². The Balaban J connectivity index is -0.0000000616. The van der Waals surface area contributed by atoms with E-state index in [4.69, 9.17) is 11.5 Å². The molecule has 3 heteroatoms. The van der Waals surface area contributed by atoms with Crippen LogP contribution in [0.15, 0.2) is 90.7 Å². The van der Waals surface area contributed by atoms with Crippen LogP contribution < -0.4 is 11.5 Å². The topological polar surface area (TPSA) is 52.0 Å². The van der Waals surface area contributed by atoms with Crippen molar-refractivity contribution in [1.29, 1.82) is 0 Å². The second-order valence-corrected chi connectivity index (χ2v) is 12.5. The molecular weight excluding hydrogens is 639 g/mol. The van der Waals surface area contributed by atoms with Gasteiger partial charge in [0.15, 0.2) is 0 Å². The molecule has 1 aromatic carbocycles. The van der Waals surface area contributed by atoms with Crippen LogP contribution in [0, 0.1) is 11.8 Å². The summed E-state index contributed by atoms with van der Waals surface area (Å²) in [4.78, 5) is 0. The summed E-state index contributed by atoms with van der Waals surface area (Å²) >= 11 is 0. The van der Waals surface area contributed by atoms with Crippen LogP contribution in [-0.2, 0) is 0 Å². The number of hydrogen-bond acceptors (Lipinski definition) is 2. The van der Waals surface area contributed by atoms with Crippen LogP contribution in [0.1, 0.15) is 208 Å². The summed E-state index contributed by atoms with van der Waals surface area (Å²) in [5.41, 5.74) is 16.7. The van der Waals surface area contributed by atoms with Gasteiger partial charge in [-0.05, 0) is 94.1 Å². The molecule has 0 unspecified atom stereocenters. The van der Waals surface area contributed by atoms with Gasteiger partial charge >= 0.3 is 14.0 Å². The number of unbranched alkanes of at least 4 members (excludes halogenated alkanes) is 3. The van der Waals surface area contributed by atoms with E-state index in [-0.39, 0.29) is 0 Å². The molecule has 315 valence electrons. The van der Waals surface area contributed by atoms with E-state index in [1.165, 1.54) is 88.2 Å². The van der Waals surface area contributed by atoms with E-state index in [2.05, 4.69) is 109 Å². The van der Waals surface area contributed by atoms with E-state index in [1.54, 1.807) is 6.08 Å². The SMILES string of the molecule is C=C(C)/C(N)=C\C1=C(C)CCCC1.C=CC.C=CCC.CC.CC.CC.CC(C)C.CCCC(C)CCC.CCCCCC.Nc1ccccc1.[B]=C. The summed E-state index contributed by atoms with van der Waals surface area (Å²) in [6, 6.07) is 9.49. The molecule has 0 bridgehead atoms. The molecule has 0 saturated heterocycles. The van der Waals surface area contributed by atoms with Crippen molar-refractivity contribution in [2.45, 2.75) is 208 Å². The minimum absolute atomic E-state index is 0.822. The van der Waals surface area contributed by atoms with Gasteiger partial charge in [0.1, 0.15) is 0 Å². The van der Waals surface area contributed by atoms with Crippen molar-refractivity contribution in [3.05, 3.63) is 90.7 Å². The van der Waals surface area contributed by atoms with Gasteiger partial charge in [-0.3, -0.25) is 0 Å². The third kappa shape index (κ3) is 93.8. The third-order valence-corrected chi connectivity index (χ3v) is 6.23. The fourth-order valence-corrected chi connectivity index (χ4v) is 3.67.